The quantitative estimate of drug-likeness (QED) is 0.337. The monoisotopic (exact) mass is 476 g/mol. The van der Waals surface area contributed by atoms with Gasteiger partial charge in [0.1, 0.15) is 18.0 Å². The van der Waals surface area contributed by atoms with E-state index in [9.17, 15) is 5.11 Å². The zero-order valence-electron chi connectivity index (χ0n) is 14.5. The first-order valence-electron chi connectivity index (χ1n) is 8.28. The Morgan fingerprint density at radius 2 is 2.28 bits per heavy atom. The lowest BCUT2D eigenvalue weighted by molar-refractivity contribution is 0.0621. The molecular formula is C16H25IN6OS. The van der Waals surface area contributed by atoms with Crippen LogP contribution in [0.5, 0.6) is 0 Å². The van der Waals surface area contributed by atoms with E-state index >= 15 is 0 Å². The number of aliphatic hydroxyl groups is 1. The molecule has 2 aromatic heterocycles. The molecule has 1 aliphatic rings. The molecule has 3 N–H and O–H groups in total. The molecule has 0 aromatic carbocycles. The second-order valence-electron chi connectivity index (χ2n) is 6.12. The van der Waals surface area contributed by atoms with Crippen molar-refractivity contribution >= 4 is 41.3 Å². The van der Waals surface area contributed by atoms with Crippen molar-refractivity contribution in [2.75, 3.05) is 13.1 Å². The first-order chi connectivity index (χ1) is 11.6. The molecule has 3 heterocycles. The van der Waals surface area contributed by atoms with Crippen LogP contribution < -0.4 is 10.6 Å². The molecule has 0 radical (unpaired) electrons. The maximum absolute atomic E-state index is 10.6. The minimum absolute atomic E-state index is 0. The van der Waals surface area contributed by atoms with E-state index in [4.69, 9.17) is 0 Å². The van der Waals surface area contributed by atoms with Gasteiger partial charge in [-0.25, -0.2) is 4.99 Å². The lowest BCUT2D eigenvalue weighted by atomic mass is 9.99. The number of aliphatic imine (C=N–C) groups is 1. The van der Waals surface area contributed by atoms with Gasteiger partial charge >= 0.3 is 0 Å². The van der Waals surface area contributed by atoms with Crippen LogP contribution in [0.1, 0.15) is 37.5 Å². The molecular weight excluding hydrogens is 451 g/mol. The minimum Gasteiger partial charge on any atom is -0.384 e. The number of guanidine groups is 1. The summed E-state index contributed by atoms with van der Waals surface area (Å²) < 4.78 is 2.15. The van der Waals surface area contributed by atoms with Crippen molar-refractivity contribution in [1.82, 2.24) is 25.4 Å². The van der Waals surface area contributed by atoms with Gasteiger partial charge in [-0.05, 0) is 42.7 Å². The number of fused-ring (bicyclic) bond motifs is 1. The van der Waals surface area contributed by atoms with Crippen molar-refractivity contribution in [3.05, 3.63) is 34.0 Å². The van der Waals surface area contributed by atoms with Crippen molar-refractivity contribution in [3.63, 3.8) is 0 Å². The SMILES string of the molecule is CCNC(=NCc1nnc2n1CCC2)NCC(C)(O)c1ccsc1.I. The molecule has 1 unspecified atom stereocenters. The Bertz CT molecular complexity index is 698. The zero-order chi connectivity index (χ0) is 17.0. The van der Waals surface area contributed by atoms with Crippen LogP contribution in [0.25, 0.3) is 0 Å². The number of hydrogen-bond donors (Lipinski definition) is 3. The van der Waals surface area contributed by atoms with Gasteiger partial charge in [-0.3, -0.25) is 0 Å². The van der Waals surface area contributed by atoms with E-state index in [-0.39, 0.29) is 24.0 Å². The van der Waals surface area contributed by atoms with E-state index in [1.807, 2.05) is 23.8 Å². The van der Waals surface area contributed by atoms with Crippen LogP contribution in [0.2, 0.25) is 0 Å². The van der Waals surface area contributed by atoms with Gasteiger partial charge in [0.2, 0.25) is 0 Å². The first-order valence-corrected chi connectivity index (χ1v) is 9.22. The van der Waals surface area contributed by atoms with Gasteiger partial charge in [-0.15, -0.1) is 34.2 Å². The first kappa shape index (κ1) is 20.1. The molecule has 0 amide bonds. The van der Waals surface area contributed by atoms with Crippen molar-refractivity contribution in [2.45, 2.75) is 45.4 Å². The molecule has 0 saturated carbocycles. The number of thiophene rings is 1. The molecule has 138 valence electrons. The molecule has 0 spiro atoms. The second-order valence-corrected chi connectivity index (χ2v) is 6.90. The van der Waals surface area contributed by atoms with Crippen molar-refractivity contribution in [1.29, 1.82) is 0 Å². The third kappa shape index (κ3) is 4.91. The Hall–Kier alpha value is -1.20. The summed E-state index contributed by atoms with van der Waals surface area (Å²) in [5.41, 5.74) is -0.0297. The highest BCUT2D eigenvalue weighted by molar-refractivity contribution is 14.0. The lowest BCUT2D eigenvalue weighted by Crippen LogP contribution is -2.44. The third-order valence-corrected chi connectivity index (χ3v) is 4.84. The summed E-state index contributed by atoms with van der Waals surface area (Å²) in [5, 5.41) is 29.4. The summed E-state index contributed by atoms with van der Waals surface area (Å²) in [6.07, 6.45) is 2.13. The molecule has 2 aromatic rings. The standard InChI is InChI=1S/C16H24N6OS.HI/c1-3-17-15(19-11-16(2,23)12-6-8-24-10-12)18-9-14-21-20-13-5-4-7-22(13)14;/h6,8,10,23H,3-5,7,9,11H2,1-2H3,(H2,17,18,19);1H. The van der Waals surface area contributed by atoms with Crippen LogP contribution in [0.3, 0.4) is 0 Å². The Morgan fingerprint density at radius 3 is 3.00 bits per heavy atom. The molecule has 0 saturated heterocycles. The van der Waals surface area contributed by atoms with E-state index in [1.54, 1.807) is 18.3 Å². The summed E-state index contributed by atoms with van der Waals surface area (Å²) in [4.78, 5) is 4.58. The van der Waals surface area contributed by atoms with Gasteiger partial charge < -0.3 is 20.3 Å². The summed E-state index contributed by atoms with van der Waals surface area (Å²) >= 11 is 1.58. The highest BCUT2D eigenvalue weighted by atomic mass is 127. The van der Waals surface area contributed by atoms with Crippen LogP contribution in [0.15, 0.2) is 21.8 Å². The summed E-state index contributed by atoms with van der Waals surface area (Å²) in [6.45, 7) is 6.41. The van der Waals surface area contributed by atoms with Crippen molar-refractivity contribution in [2.24, 2.45) is 4.99 Å². The number of hydrogen-bond acceptors (Lipinski definition) is 5. The molecule has 1 aliphatic heterocycles. The molecule has 0 aliphatic carbocycles. The minimum atomic E-state index is -0.938. The fraction of sp³-hybridized carbons (Fsp3) is 0.562. The van der Waals surface area contributed by atoms with Crippen molar-refractivity contribution < 1.29 is 5.11 Å². The molecule has 7 nitrogen and oxygen atoms in total. The summed E-state index contributed by atoms with van der Waals surface area (Å²) in [7, 11) is 0. The maximum Gasteiger partial charge on any atom is 0.191 e. The summed E-state index contributed by atoms with van der Waals surface area (Å²) in [6, 6.07) is 1.94. The van der Waals surface area contributed by atoms with Crippen LogP contribution in [-0.4, -0.2) is 38.9 Å². The number of aromatic nitrogens is 3. The number of nitrogens with one attached hydrogen (secondary N) is 2. The predicted molar refractivity (Wildman–Crippen MR) is 110 cm³/mol. The van der Waals surface area contributed by atoms with Gasteiger partial charge in [0.25, 0.3) is 0 Å². The highest BCUT2D eigenvalue weighted by Crippen LogP contribution is 2.22. The second kappa shape index (κ2) is 8.95. The van der Waals surface area contributed by atoms with Crippen LogP contribution in [0, 0.1) is 0 Å². The highest BCUT2D eigenvalue weighted by Gasteiger charge is 2.24. The van der Waals surface area contributed by atoms with Gasteiger partial charge in [0.15, 0.2) is 11.8 Å². The van der Waals surface area contributed by atoms with E-state index in [0.29, 0.717) is 19.0 Å². The zero-order valence-corrected chi connectivity index (χ0v) is 17.7. The van der Waals surface area contributed by atoms with Gasteiger partial charge in [0, 0.05) is 19.5 Å². The molecule has 1 atom stereocenters. The van der Waals surface area contributed by atoms with E-state index in [0.717, 1.165) is 43.1 Å². The number of nitrogens with zero attached hydrogens (tertiary/aromatic N) is 4. The average Bonchev–Trinajstić information content (AvgIpc) is 3.28. The molecule has 9 heteroatoms. The molecule has 0 fully saturated rings. The van der Waals surface area contributed by atoms with Gasteiger partial charge in [-0.1, -0.05) is 0 Å². The Balaban J connectivity index is 0.00000225. The molecule has 0 bridgehead atoms. The Morgan fingerprint density at radius 1 is 1.44 bits per heavy atom. The number of halogens is 1. The van der Waals surface area contributed by atoms with Crippen molar-refractivity contribution in [3.8, 4) is 0 Å². The average molecular weight is 476 g/mol. The van der Waals surface area contributed by atoms with Gasteiger partial charge in [-0.2, -0.15) is 11.3 Å². The van der Waals surface area contributed by atoms with E-state index < -0.39 is 5.60 Å². The molecule has 3 rings (SSSR count). The van der Waals surface area contributed by atoms with E-state index in [1.165, 1.54) is 0 Å². The largest absolute Gasteiger partial charge is 0.384 e. The number of rotatable bonds is 6. The summed E-state index contributed by atoms with van der Waals surface area (Å²) in [5.74, 6) is 2.62. The fourth-order valence-electron chi connectivity index (χ4n) is 2.75. The van der Waals surface area contributed by atoms with Crippen LogP contribution in [0.4, 0.5) is 0 Å². The smallest absolute Gasteiger partial charge is 0.191 e. The van der Waals surface area contributed by atoms with E-state index in [2.05, 4.69) is 30.4 Å². The van der Waals surface area contributed by atoms with Gasteiger partial charge in [0.05, 0.1) is 6.54 Å². The normalized spacial score (nSPS) is 16.0. The molecule has 25 heavy (non-hydrogen) atoms. The lowest BCUT2D eigenvalue weighted by Gasteiger charge is -2.24. The Labute approximate surface area is 169 Å². The third-order valence-electron chi connectivity index (χ3n) is 4.15. The number of aryl methyl sites for hydroxylation is 1. The topological polar surface area (TPSA) is 87.4 Å². The maximum atomic E-state index is 10.6. The predicted octanol–water partition coefficient (Wildman–Crippen LogP) is 1.87. The van der Waals surface area contributed by atoms with Crippen LogP contribution in [-0.2, 0) is 25.1 Å². The Kier molecular flexibility index (Phi) is 7.20. The fourth-order valence-corrected chi connectivity index (χ4v) is 3.53. The van der Waals surface area contributed by atoms with Crippen LogP contribution >= 0.6 is 35.3 Å².